The van der Waals surface area contributed by atoms with E-state index < -0.39 is 29.6 Å². The van der Waals surface area contributed by atoms with Crippen molar-refractivity contribution in [3.8, 4) is 0 Å². The zero-order valence-electron chi connectivity index (χ0n) is 11.8. The maximum Gasteiger partial charge on any atom is 0.357 e. The number of anilines is 1. The van der Waals surface area contributed by atoms with Crippen LogP contribution < -0.4 is 5.32 Å². The first kappa shape index (κ1) is 16.8. The van der Waals surface area contributed by atoms with Gasteiger partial charge < -0.3 is 10.1 Å². The van der Waals surface area contributed by atoms with Crippen molar-refractivity contribution >= 4 is 29.2 Å². The van der Waals surface area contributed by atoms with Gasteiger partial charge >= 0.3 is 5.97 Å². The van der Waals surface area contributed by atoms with Crippen LogP contribution in [0.15, 0.2) is 36.5 Å². The Kier molecular flexibility index (Phi) is 5.23. The van der Waals surface area contributed by atoms with Crippen molar-refractivity contribution in [2.45, 2.75) is 13.0 Å². The van der Waals surface area contributed by atoms with E-state index in [4.69, 9.17) is 16.3 Å². The fourth-order valence-corrected chi connectivity index (χ4v) is 1.78. The van der Waals surface area contributed by atoms with Gasteiger partial charge in [0.25, 0.3) is 5.91 Å². The Bertz CT molecular complexity index is 755. The molecule has 1 aromatic carbocycles. The molecule has 2 aromatic rings. The molecule has 0 bridgehead atoms. The van der Waals surface area contributed by atoms with E-state index >= 15 is 0 Å². The summed E-state index contributed by atoms with van der Waals surface area (Å²) in [6.45, 7) is 1.29. The van der Waals surface area contributed by atoms with E-state index in [1.165, 1.54) is 25.3 Å². The number of carbonyl (C=O) groups excluding carboxylic acids is 2. The van der Waals surface area contributed by atoms with Crippen molar-refractivity contribution in [3.63, 3.8) is 0 Å². The monoisotopic (exact) mass is 340 g/mol. The first-order chi connectivity index (χ1) is 10.9. The Morgan fingerprint density at radius 1 is 1.26 bits per heavy atom. The Hall–Kier alpha value is -2.54. The molecule has 1 heterocycles. The summed E-state index contributed by atoms with van der Waals surface area (Å²) in [7, 11) is 0. The summed E-state index contributed by atoms with van der Waals surface area (Å²) in [4.78, 5) is 27.5. The van der Waals surface area contributed by atoms with Crippen LogP contribution in [0, 0.1) is 11.6 Å². The number of pyridine rings is 1. The number of esters is 1. The number of rotatable bonds is 4. The molecule has 8 heteroatoms. The SMILES string of the molecule is C[C@H](OC(=O)c1cc(Cl)ccn1)C(=O)Nc1cc(F)ccc1F. The van der Waals surface area contributed by atoms with Crippen LogP contribution in [0.3, 0.4) is 0 Å². The summed E-state index contributed by atoms with van der Waals surface area (Å²) in [6, 6.07) is 5.36. The highest BCUT2D eigenvalue weighted by Gasteiger charge is 2.21. The topological polar surface area (TPSA) is 68.3 Å². The quantitative estimate of drug-likeness (QED) is 0.868. The van der Waals surface area contributed by atoms with Crippen molar-refractivity contribution in [3.05, 3.63) is 58.9 Å². The van der Waals surface area contributed by atoms with Crippen LogP contribution in [-0.2, 0) is 9.53 Å². The first-order valence-corrected chi connectivity index (χ1v) is 6.83. The summed E-state index contributed by atoms with van der Waals surface area (Å²) < 4.78 is 31.4. The van der Waals surface area contributed by atoms with E-state index in [0.29, 0.717) is 0 Å². The van der Waals surface area contributed by atoms with E-state index in [0.717, 1.165) is 18.2 Å². The summed E-state index contributed by atoms with van der Waals surface area (Å²) in [5.74, 6) is -3.20. The van der Waals surface area contributed by atoms with E-state index in [9.17, 15) is 18.4 Å². The standard InChI is InChI=1S/C15H11ClF2N2O3/c1-8(23-15(22)13-6-9(16)4-5-19-13)14(21)20-12-7-10(17)2-3-11(12)18/h2-8H,1H3,(H,20,21)/t8-/m0/s1. The summed E-state index contributed by atoms with van der Waals surface area (Å²) in [6.07, 6.45) is 0.0668. The van der Waals surface area contributed by atoms with Crippen LogP contribution in [0.25, 0.3) is 0 Å². The van der Waals surface area contributed by atoms with Crippen LogP contribution in [0.1, 0.15) is 17.4 Å². The number of aromatic nitrogens is 1. The molecule has 1 amide bonds. The minimum atomic E-state index is -1.24. The zero-order chi connectivity index (χ0) is 17.0. The van der Waals surface area contributed by atoms with Gasteiger partial charge in [-0.25, -0.2) is 18.6 Å². The van der Waals surface area contributed by atoms with Crippen molar-refractivity contribution < 1.29 is 23.1 Å². The minimum Gasteiger partial charge on any atom is -0.448 e. The lowest BCUT2D eigenvalue weighted by atomic mass is 10.2. The predicted octanol–water partition coefficient (Wildman–Crippen LogP) is 3.20. The molecular weight excluding hydrogens is 330 g/mol. The molecule has 0 radical (unpaired) electrons. The van der Waals surface area contributed by atoms with Gasteiger partial charge in [-0.2, -0.15) is 0 Å². The van der Waals surface area contributed by atoms with Crippen LogP contribution >= 0.6 is 11.6 Å². The Balaban J connectivity index is 2.02. The van der Waals surface area contributed by atoms with Crippen LogP contribution in [-0.4, -0.2) is 23.0 Å². The molecule has 0 aliphatic heterocycles. The van der Waals surface area contributed by atoms with Gasteiger partial charge in [0, 0.05) is 17.3 Å². The molecule has 5 nitrogen and oxygen atoms in total. The van der Waals surface area contributed by atoms with Crippen LogP contribution in [0.4, 0.5) is 14.5 Å². The number of hydrogen-bond donors (Lipinski definition) is 1. The normalized spacial score (nSPS) is 11.7. The highest BCUT2D eigenvalue weighted by molar-refractivity contribution is 6.30. The highest BCUT2D eigenvalue weighted by atomic mass is 35.5. The average molecular weight is 341 g/mol. The van der Waals surface area contributed by atoms with Crippen LogP contribution in [0.5, 0.6) is 0 Å². The minimum absolute atomic E-state index is 0.0749. The van der Waals surface area contributed by atoms with Gasteiger partial charge in [0.2, 0.25) is 0 Å². The second-order valence-corrected chi connectivity index (χ2v) is 4.96. The summed E-state index contributed by atoms with van der Waals surface area (Å²) >= 11 is 5.72. The molecule has 23 heavy (non-hydrogen) atoms. The van der Waals surface area contributed by atoms with E-state index in [-0.39, 0.29) is 16.4 Å². The van der Waals surface area contributed by atoms with Gasteiger partial charge in [-0.05, 0) is 31.2 Å². The predicted molar refractivity (Wildman–Crippen MR) is 79.1 cm³/mol. The number of nitrogens with one attached hydrogen (secondary N) is 1. The van der Waals surface area contributed by atoms with Gasteiger partial charge in [0.1, 0.15) is 17.3 Å². The second-order valence-electron chi connectivity index (χ2n) is 4.52. The fourth-order valence-electron chi connectivity index (χ4n) is 1.62. The van der Waals surface area contributed by atoms with Gasteiger partial charge in [0.05, 0.1) is 5.69 Å². The third kappa shape index (κ3) is 4.46. The smallest absolute Gasteiger partial charge is 0.357 e. The molecule has 1 N–H and O–H groups in total. The Morgan fingerprint density at radius 2 is 2.00 bits per heavy atom. The van der Waals surface area contributed by atoms with Crippen molar-refractivity contribution in [2.75, 3.05) is 5.32 Å². The third-order valence-corrected chi connectivity index (χ3v) is 3.01. The Labute approximate surface area is 135 Å². The number of nitrogens with zero attached hydrogens (tertiary/aromatic N) is 1. The molecule has 0 fully saturated rings. The van der Waals surface area contributed by atoms with Crippen molar-refractivity contribution in [2.24, 2.45) is 0 Å². The number of benzene rings is 1. The number of hydrogen-bond acceptors (Lipinski definition) is 4. The van der Waals surface area contributed by atoms with E-state index in [2.05, 4.69) is 10.3 Å². The van der Waals surface area contributed by atoms with E-state index in [1.54, 1.807) is 0 Å². The first-order valence-electron chi connectivity index (χ1n) is 6.45. The Morgan fingerprint density at radius 3 is 2.70 bits per heavy atom. The van der Waals surface area contributed by atoms with Crippen molar-refractivity contribution in [1.82, 2.24) is 4.98 Å². The highest BCUT2D eigenvalue weighted by Crippen LogP contribution is 2.16. The van der Waals surface area contributed by atoms with Crippen LogP contribution in [0.2, 0.25) is 5.02 Å². The molecule has 0 aliphatic carbocycles. The lowest BCUT2D eigenvalue weighted by molar-refractivity contribution is -0.123. The molecule has 1 aromatic heterocycles. The lowest BCUT2D eigenvalue weighted by Crippen LogP contribution is -2.30. The molecular formula is C15H11ClF2N2O3. The van der Waals surface area contributed by atoms with Crippen molar-refractivity contribution in [1.29, 1.82) is 0 Å². The maximum absolute atomic E-state index is 13.5. The molecule has 0 spiro atoms. The molecule has 0 aliphatic rings. The number of ether oxygens (including phenoxy) is 1. The van der Waals surface area contributed by atoms with E-state index in [1.807, 2.05) is 0 Å². The largest absolute Gasteiger partial charge is 0.448 e. The number of halogens is 3. The maximum atomic E-state index is 13.5. The summed E-state index contributed by atoms with van der Waals surface area (Å²) in [5, 5.41) is 2.42. The zero-order valence-corrected chi connectivity index (χ0v) is 12.6. The molecule has 120 valence electrons. The van der Waals surface area contributed by atoms with Gasteiger partial charge in [-0.3, -0.25) is 4.79 Å². The van der Waals surface area contributed by atoms with Gasteiger partial charge in [-0.1, -0.05) is 11.6 Å². The molecule has 0 saturated heterocycles. The molecule has 0 unspecified atom stereocenters. The lowest BCUT2D eigenvalue weighted by Gasteiger charge is -2.13. The molecule has 1 atom stereocenters. The molecule has 0 saturated carbocycles. The number of carbonyl (C=O) groups is 2. The number of amides is 1. The summed E-state index contributed by atoms with van der Waals surface area (Å²) in [5.41, 5.74) is -0.423. The van der Waals surface area contributed by atoms with Gasteiger partial charge in [0.15, 0.2) is 6.10 Å². The third-order valence-electron chi connectivity index (χ3n) is 2.77. The second kappa shape index (κ2) is 7.15. The average Bonchev–Trinajstić information content (AvgIpc) is 2.50. The molecule has 2 rings (SSSR count). The fraction of sp³-hybridized carbons (Fsp3) is 0.133. The van der Waals surface area contributed by atoms with Gasteiger partial charge in [-0.15, -0.1) is 0 Å².